The van der Waals surface area contributed by atoms with Crippen LogP contribution in [0.5, 0.6) is 11.5 Å². The van der Waals surface area contributed by atoms with Gasteiger partial charge in [-0.3, -0.25) is 0 Å². The standard InChI is InChI=1S/C19H25NO5S/c1-19(2,14-4-8-16(21)9-5-14)15-6-10-18(11-7-15)25-13-17(22)12-20-26(3,23)24/h4-11,17,20-22H,12-13H2,1-3H3/t17-/m1/s1. The fourth-order valence-electron chi connectivity index (χ4n) is 2.51. The summed E-state index contributed by atoms with van der Waals surface area (Å²) in [6, 6.07) is 14.6. The number of hydrogen-bond donors (Lipinski definition) is 3. The van der Waals surface area contributed by atoms with Crippen molar-refractivity contribution in [3.05, 3.63) is 59.7 Å². The van der Waals surface area contributed by atoms with Gasteiger partial charge in [0.05, 0.1) is 6.26 Å². The van der Waals surface area contributed by atoms with E-state index in [1.165, 1.54) is 0 Å². The highest BCUT2D eigenvalue weighted by atomic mass is 32.2. The van der Waals surface area contributed by atoms with Crippen molar-refractivity contribution in [1.82, 2.24) is 4.72 Å². The van der Waals surface area contributed by atoms with Crippen molar-refractivity contribution in [3.8, 4) is 11.5 Å². The summed E-state index contributed by atoms with van der Waals surface area (Å²) < 4.78 is 29.7. The number of aliphatic hydroxyl groups is 1. The quantitative estimate of drug-likeness (QED) is 0.652. The monoisotopic (exact) mass is 379 g/mol. The van der Waals surface area contributed by atoms with E-state index in [-0.39, 0.29) is 24.3 Å². The van der Waals surface area contributed by atoms with E-state index in [0.29, 0.717) is 5.75 Å². The van der Waals surface area contributed by atoms with Crippen LogP contribution in [0.25, 0.3) is 0 Å². The molecule has 0 saturated heterocycles. The molecule has 2 aromatic carbocycles. The summed E-state index contributed by atoms with van der Waals surface area (Å²) in [6.45, 7) is 4.08. The van der Waals surface area contributed by atoms with Crippen molar-refractivity contribution in [3.63, 3.8) is 0 Å². The van der Waals surface area contributed by atoms with Crippen LogP contribution in [-0.4, -0.2) is 44.1 Å². The molecule has 0 aliphatic carbocycles. The molecule has 0 radical (unpaired) electrons. The lowest BCUT2D eigenvalue weighted by Crippen LogP contribution is -2.34. The van der Waals surface area contributed by atoms with Gasteiger partial charge in [-0.15, -0.1) is 0 Å². The average molecular weight is 379 g/mol. The zero-order valence-electron chi connectivity index (χ0n) is 15.1. The van der Waals surface area contributed by atoms with E-state index in [1.807, 2.05) is 36.4 Å². The van der Waals surface area contributed by atoms with Crippen LogP contribution in [-0.2, 0) is 15.4 Å². The van der Waals surface area contributed by atoms with Gasteiger partial charge in [-0.25, -0.2) is 13.1 Å². The van der Waals surface area contributed by atoms with E-state index in [1.54, 1.807) is 12.1 Å². The highest BCUT2D eigenvalue weighted by molar-refractivity contribution is 7.88. The first-order valence-electron chi connectivity index (χ1n) is 8.23. The molecule has 2 rings (SSSR count). The molecule has 0 aromatic heterocycles. The van der Waals surface area contributed by atoms with Crippen LogP contribution in [0.2, 0.25) is 0 Å². The normalized spacial score (nSPS) is 13.4. The smallest absolute Gasteiger partial charge is 0.208 e. The molecule has 0 unspecified atom stereocenters. The summed E-state index contributed by atoms with van der Waals surface area (Å²) in [5, 5.41) is 19.2. The number of nitrogens with one attached hydrogen (secondary N) is 1. The number of aromatic hydroxyl groups is 1. The van der Waals surface area contributed by atoms with Crippen molar-refractivity contribution in [2.45, 2.75) is 25.4 Å². The number of hydrogen-bond acceptors (Lipinski definition) is 5. The molecule has 142 valence electrons. The molecule has 0 aliphatic rings. The molecule has 0 amide bonds. The molecule has 0 aliphatic heterocycles. The predicted molar refractivity (Wildman–Crippen MR) is 101 cm³/mol. The van der Waals surface area contributed by atoms with Crippen molar-refractivity contribution < 1.29 is 23.4 Å². The second-order valence-corrected chi connectivity index (χ2v) is 8.61. The highest BCUT2D eigenvalue weighted by Crippen LogP contribution is 2.33. The SMILES string of the molecule is CC(C)(c1ccc(O)cc1)c1ccc(OC[C@H](O)CNS(C)(=O)=O)cc1. The Morgan fingerprint density at radius 1 is 1.04 bits per heavy atom. The van der Waals surface area contributed by atoms with Crippen molar-refractivity contribution in [2.75, 3.05) is 19.4 Å². The Morgan fingerprint density at radius 2 is 1.54 bits per heavy atom. The largest absolute Gasteiger partial charge is 0.508 e. The lowest BCUT2D eigenvalue weighted by Gasteiger charge is -2.26. The molecular weight excluding hydrogens is 354 g/mol. The van der Waals surface area contributed by atoms with Gasteiger partial charge in [0.2, 0.25) is 10.0 Å². The third-order valence-corrected chi connectivity index (χ3v) is 4.88. The van der Waals surface area contributed by atoms with Crippen LogP contribution in [0.1, 0.15) is 25.0 Å². The topological polar surface area (TPSA) is 95.9 Å². The number of phenolic OH excluding ortho intramolecular Hbond substituents is 1. The summed E-state index contributed by atoms with van der Waals surface area (Å²) in [7, 11) is -3.33. The minimum atomic E-state index is -3.33. The minimum absolute atomic E-state index is 0.0107. The Morgan fingerprint density at radius 3 is 2.04 bits per heavy atom. The number of ether oxygens (including phenoxy) is 1. The number of aliphatic hydroxyl groups excluding tert-OH is 1. The maximum Gasteiger partial charge on any atom is 0.208 e. The second kappa shape index (κ2) is 8.07. The molecule has 26 heavy (non-hydrogen) atoms. The molecule has 0 bridgehead atoms. The van der Waals surface area contributed by atoms with Crippen LogP contribution in [0, 0.1) is 0 Å². The summed E-state index contributed by atoms with van der Waals surface area (Å²) in [5.74, 6) is 0.825. The Balaban J connectivity index is 1.98. The van der Waals surface area contributed by atoms with Crippen LogP contribution < -0.4 is 9.46 Å². The van der Waals surface area contributed by atoms with Crippen molar-refractivity contribution in [2.24, 2.45) is 0 Å². The summed E-state index contributed by atoms with van der Waals surface area (Å²) in [4.78, 5) is 0. The van der Waals surface area contributed by atoms with E-state index in [0.717, 1.165) is 17.4 Å². The first-order chi connectivity index (χ1) is 12.1. The summed E-state index contributed by atoms with van der Waals surface area (Å²) >= 11 is 0. The Bertz CT molecular complexity index is 814. The Labute approximate surface area is 154 Å². The molecule has 0 spiro atoms. The summed E-state index contributed by atoms with van der Waals surface area (Å²) in [6.07, 6.45) is 0.104. The maximum absolute atomic E-state index is 11.0. The summed E-state index contributed by atoms with van der Waals surface area (Å²) in [5.41, 5.74) is 1.91. The molecule has 3 N–H and O–H groups in total. The molecule has 2 aromatic rings. The van der Waals surface area contributed by atoms with Crippen LogP contribution in [0.15, 0.2) is 48.5 Å². The second-order valence-electron chi connectivity index (χ2n) is 6.78. The zero-order valence-corrected chi connectivity index (χ0v) is 16.0. The minimum Gasteiger partial charge on any atom is -0.508 e. The average Bonchev–Trinajstić information content (AvgIpc) is 2.58. The predicted octanol–water partition coefficient (Wildman–Crippen LogP) is 2.01. The van der Waals surface area contributed by atoms with Crippen LogP contribution in [0.3, 0.4) is 0 Å². The molecule has 0 fully saturated rings. The first-order valence-corrected chi connectivity index (χ1v) is 10.1. The molecule has 0 saturated carbocycles. The highest BCUT2D eigenvalue weighted by Gasteiger charge is 2.23. The van der Waals surface area contributed by atoms with Gasteiger partial charge >= 0.3 is 0 Å². The number of benzene rings is 2. The van der Waals surface area contributed by atoms with Gasteiger partial charge in [-0.05, 0) is 35.4 Å². The fraction of sp³-hybridized carbons (Fsp3) is 0.368. The van der Waals surface area contributed by atoms with Gasteiger partial charge < -0.3 is 14.9 Å². The molecule has 0 heterocycles. The van der Waals surface area contributed by atoms with Crippen LogP contribution >= 0.6 is 0 Å². The molecule has 1 atom stereocenters. The number of sulfonamides is 1. The van der Waals surface area contributed by atoms with E-state index in [4.69, 9.17) is 4.74 Å². The Kier molecular flexibility index (Phi) is 6.28. The van der Waals surface area contributed by atoms with Gasteiger partial charge in [0.25, 0.3) is 0 Å². The molecular formula is C19H25NO5S. The van der Waals surface area contributed by atoms with E-state index in [9.17, 15) is 18.6 Å². The lowest BCUT2D eigenvalue weighted by molar-refractivity contribution is 0.111. The number of rotatable bonds is 8. The van der Waals surface area contributed by atoms with Crippen molar-refractivity contribution >= 4 is 10.0 Å². The Hall–Kier alpha value is -2.09. The first kappa shape index (κ1) is 20.2. The van der Waals surface area contributed by atoms with E-state index >= 15 is 0 Å². The maximum atomic E-state index is 11.0. The lowest BCUT2D eigenvalue weighted by atomic mass is 9.78. The van der Waals surface area contributed by atoms with Gasteiger partial charge in [0, 0.05) is 12.0 Å². The van der Waals surface area contributed by atoms with Gasteiger partial charge in [0.1, 0.15) is 24.2 Å². The van der Waals surface area contributed by atoms with Gasteiger partial charge in [-0.1, -0.05) is 38.1 Å². The zero-order chi connectivity index (χ0) is 19.4. The van der Waals surface area contributed by atoms with Crippen molar-refractivity contribution in [1.29, 1.82) is 0 Å². The van der Waals surface area contributed by atoms with E-state index in [2.05, 4.69) is 18.6 Å². The number of phenols is 1. The molecule has 7 heteroatoms. The van der Waals surface area contributed by atoms with Gasteiger partial charge in [0.15, 0.2) is 0 Å². The third kappa shape index (κ3) is 5.72. The fourth-order valence-corrected chi connectivity index (χ4v) is 3.01. The van der Waals surface area contributed by atoms with Crippen LogP contribution in [0.4, 0.5) is 0 Å². The third-order valence-electron chi connectivity index (χ3n) is 4.19. The van der Waals surface area contributed by atoms with E-state index < -0.39 is 16.1 Å². The van der Waals surface area contributed by atoms with Gasteiger partial charge in [-0.2, -0.15) is 0 Å². The molecule has 6 nitrogen and oxygen atoms in total.